The summed E-state index contributed by atoms with van der Waals surface area (Å²) in [6.07, 6.45) is 8.82. The van der Waals surface area contributed by atoms with Gasteiger partial charge in [-0.2, -0.15) is 0 Å². The van der Waals surface area contributed by atoms with Gasteiger partial charge in [-0.15, -0.1) is 0 Å². The normalized spacial score (nSPS) is 38.7. The molecule has 0 aromatic heterocycles. The number of hydrogen-bond acceptors (Lipinski definition) is 4. The van der Waals surface area contributed by atoms with Crippen LogP contribution in [0.4, 0.5) is 0 Å². The lowest BCUT2D eigenvalue weighted by Gasteiger charge is -2.49. The van der Waals surface area contributed by atoms with E-state index in [1.54, 1.807) is 0 Å². The summed E-state index contributed by atoms with van der Waals surface area (Å²) in [5.74, 6) is 0.674. The van der Waals surface area contributed by atoms with Crippen LogP contribution in [0, 0.1) is 5.92 Å². The van der Waals surface area contributed by atoms with Gasteiger partial charge in [-0.1, -0.05) is 12.8 Å². The maximum absolute atomic E-state index is 6.67. The van der Waals surface area contributed by atoms with Gasteiger partial charge in [-0.3, -0.25) is 0 Å². The predicted octanol–water partition coefficient (Wildman–Crippen LogP) is 1.43. The molecule has 1 aliphatic carbocycles. The summed E-state index contributed by atoms with van der Waals surface area (Å²) in [5.41, 5.74) is 6.43. The Morgan fingerprint density at radius 3 is 2.53 bits per heavy atom. The SMILES string of the molecule is NC1CNCCC1(OC1CCOCC1)C1CCCC1. The van der Waals surface area contributed by atoms with Gasteiger partial charge in [0, 0.05) is 25.8 Å². The highest BCUT2D eigenvalue weighted by atomic mass is 16.5. The molecule has 3 fully saturated rings. The van der Waals surface area contributed by atoms with Crippen molar-refractivity contribution >= 4 is 0 Å². The van der Waals surface area contributed by atoms with Gasteiger partial charge in [-0.25, -0.2) is 0 Å². The number of rotatable bonds is 3. The van der Waals surface area contributed by atoms with Crippen LogP contribution in [0.3, 0.4) is 0 Å². The first-order valence-corrected chi connectivity index (χ1v) is 8.03. The number of hydrogen-bond donors (Lipinski definition) is 2. The Bertz CT molecular complexity index is 288. The van der Waals surface area contributed by atoms with Gasteiger partial charge >= 0.3 is 0 Å². The zero-order chi connectivity index (χ0) is 13.1. The molecule has 2 saturated heterocycles. The van der Waals surface area contributed by atoms with Crippen molar-refractivity contribution in [3.05, 3.63) is 0 Å². The summed E-state index contributed by atoms with van der Waals surface area (Å²) in [6.45, 7) is 3.64. The van der Waals surface area contributed by atoms with Crippen LogP contribution in [0.2, 0.25) is 0 Å². The van der Waals surface area contributed by atoms with Gasteiger partial charge in [0.15, 0.2) is 0 Å². The third-order valence-electron chi connectivity index (χ3n) is 5.29. The van der Waals surface area contributed by atoms with E-state index in [-0.39, 0.29) is 11.6 Å². The summed E-state index contributed by atoms with van der Waals surface area (Å²) in [5, 5.41) is 3.42. The molecule has 2 atom stereocenters. The first-order valence-electron chi connectivity index (χ1n) is 8.03. The minimum Gasteiger partial charge on any atom is -0.381 e. The van der Waals surface area contributed by atoms with Gasteiger partial charge < -0.3 is 20.5 Å². The first kappa shape index (κ1) is 13.8. The summed E-state index contributed by atoms with van der Waals surface area (Å²) >= 11 is 0. The predicted molar refractivity (Wildman–Crippen MR) is 75.1 cm³/mol. The maximum atomic E-state index is 6.67. The number of piperidine rings is 1. The fourth-order valence-corrected chi connectivity index (χ4v) is 4.17. The van der Waals surface area contributed by atoms with E-state index >= 15 is 0 Å². The molecule has 4 nitrogen and oxygen atoms in total. The zero-order valence-electron chi connectivity index (χ0n) is 11.9. The molecular formula is C15H28N2O2. The molecule has 3 aliphatic rings. The molecule has 19 heavy (non-hydrogen) atoms. The second-order valence-electron chi connectivity index (χ2n) is 6.43. The van der Waals surface area contributed by atoms with Crippen molar-refractivity contribution in [2.45, 2.75) is 62.7 Å². The van der Waals surface area contributed by atoms with Crippen molar-refractivity contribution in [1.82, 2.24) is 5.32 Å². The second kappa shape index (κ2) is 6.08. The largest absolute Gasteiger partial charge is 0.381 e. The number of nitrogens with two attached hydrogens (primary N) is 1. The minimum atomic E-state index is -0.0657. The van der Waals surface area contributed by atoms with Crippen LogP contribution in [-0.2, 0) is 9.47 Å². The van der Waals surface area contributed by atoms with Crippen molar-refractivity contribution in [2.24, 2.45) is 11.7 Å². The summed E-state index contributed by atoms with van der Waals surface area (Å²) in [4.78, 5) is 0. The number of ether oxygens (including phenoxy) is 2. The van der Waals surface area contributed by atoms with E-state index in [1.807, 2.05) is 0 Å². The molecule has 110 valence electrons. The number of nitrogens with one attached hydrogen (secondary N) is 1. The standard InChI is InChI=1S/C15H28N2O2/c16-14-11-17-8-7-15(14,12-3-1-2-4-12)19-13-5-9-18-10-6-13/h12-14,17H,1-11,16H2. The highest BCUT2D eigenvalue weighted by Gasteiger charge is 2.48. The highest BCUT2D eigenvalue weighted by Crippen LogP contribution is 2.42. The molecule has 4 heteroatoms. The maximum Gasteiger partial charge on any atom is 0.0888 e. The van der Waals surface area contributed by atoms with Crippen molar-refractivity contribution in [3.8, 4) is 0 Å². The third kappa shape index (κ3) is 2.82. The van der Waals surface area contributed by atoms with Gasteiger partial charge in [0.2, 0.25) is 0 Å². The van der Waals surface area contributed by atoms with Crippen LogP contribution < -0.4 is 11.1 Å². The van der Waals surface area contributed by atoms with Crippen LogP contribution in [0.25, 0.3) is 0 Å². The van der Waals surface area contributed by atoms with Crippen LogP contribution >= 0.6 is 0 Å². The average Bonchev–Trinajstić information content (AvgIpc) is 2.97. The summed E-state index contributed by atoms with van der Waals surface area (Å²) in [6, 6.07) is 0.146. The molecule has 3 N–H and O–H groups in total. The Balaban J connectivity index is 1.74. The lowest BCUT2D eigenvalue weighted by atomic mass is 9.75. The molecule has 1 saturated carbocycles. The van der Waals surface area contributed by atoms with E-state index in [0.717, 1.165) is 45.6 Å². The van der Waals surface area contributed by atoms with Gasteiger partial charge in [0.1, 0.15) is 0 Å². The van der Waals surface area contributed by atoms with E-state index < -0.39 is 0 Å². The first-order chi connectivity index (χ1) is 9.31. The quantitative estimate of drug-likeness (QED) is 0.813. The Morgan fingerprint density at radius 1 is 1.11 bits per heavy atom. The van der Waals surface area contributed by atoms with E-state index in [1.165, 1.54) is 25.7 Å². The molecular weight excluding hydrogens is 240 g/mol. The van der Waals surface area contributed by atoms with Crippen molar-refractivity contribution in [1.29, 1.82) is 0 Å². The van der Waals surface area contributed by atoms with Crippen LogP contribution in [0.1, 0.15) is 44.9 Å². The van der Waals surface area contributed by atoms with Crippen LogP contribution in [0.5, 0.6) is 0 Å². The molecule has 0 aromatic carbocycles. The molecule has 0 spiro atoms. The Labute approximate surface area is 116 Å². The Kier molecular flexibility index (Phi) is 4.42. The van der Waals surface area contributed by atoms with E-state index in [9.17, 15) is 0 Å². The van der Waals surface area contributed by atoms with Crippen molar-refractivity contribution in [2.75, 3.05) is 26.3 Å². The molecule has 2 aliphatic heterocycles. The fourth-order valence-electron chi connectivity index (χ4n) is 4.17. The third-order valence-corrected chi connectivity index (χ3v) is 5.29. The van der Waals surface area contributed by atoms with Crippen molar-refractivity contribution in [3.63, 3.8) is 0 Å². The molecule has 0 amide bonds. The van der Waals surface area contributed by atoms with Gasteiger partial charge in [-0.05, 0) is 44.6 Å². The molecule has 2 heterocycles. The molecule has 3 rings (SSSR count). The van der Waals surface area contributed by atoms with Crippen LogP contribution in [0.15, 0.2) is 0 Å². The molecule has 2 unspecified atom stereocenters. The Hall–Kier alpha value is -0.160. The van der Waals surface area contributed by atoms with Gasteiger partial charge in [0.25, 0.3) is 0 Å². The molecule has 0 aromatic rings. The lowest BCUT2D eigenvalue weighted by Crippen LogP contribution is -2.64. The monoisotopic (exact) mass is 268 g/mol. The summed E-state index contributed by atoms with van der Waals surface area (Å²) in [7, 11) is 0. The molecule has 0 bridgehead atoms. The topological polar surface area (TPSA) is 56.5 Å². The molecule has 0 radical (unpaired) electrons. The summed E-state index contributed by atoms with van der Waals surface area (Å²) < 4.78 is 12.1. The fraction of sp³-hybridized carbons (Fsp3) is 1.00. The van der Waals surface area contributed by atoms with E-state index in [0.29, 0.717) is 12.0 Å². The zero-order valence-corrected chi connectivity index (χ0v) is 11.9. The Morgan fingerprint density at radius 2 is 1.84 bits per heavy atom. The smallest absolute Gasteiger partial charge is 0.0888 e. The lowest BCUT2D eigenvalue weighted by molar-refractivity contribution is -0.171. The average molecular weight is 268 g/mol. The van der Waals surface area contributed by atoms with E-state index in [2.05, 4.69) is 5.32 Å². The van der Waals surface area contributed by atoms with E-state index in [4.69, 9.17) is 15.2 Å². The second-order valence-corrected chi connectivity index (χ2v) is 6.43. The van der Waals surface area contributed by atoms with Gasteiger partial charge in [0.05, 0.1) is 11.7 Å². The minimum absolute atomic E-state index is 0.0657. The van der Waals surface area contributed by atoms with Crippen LogP contribution in [-0.4, -0.2) is 44.1 Å². The highest BCUT2D eigenvalue weighted by molar-refractivity contribution is 5.03. The van der Waals surface area contributed by atoms with Crippen molar-refractivity contribution < 1.29 is 9.47 Å².